The number of nitrogens with zero attached hydrogens (tertiary/aromatic N) is 2. The quantitative estimate of drug-likeness (QED) is 0.748. The molecule has 112 valence electrons. The third-order valence-corrected chi connectivity index (χ3v) is 4.60. The van der Waals surface area contributed by atoms with Crippen LogP contribution in [0.25, 0.3) is 0 Å². The highest BCUT2D eigenvalue weighted by Crippen LogP contribution is 2.31. The van der Waals surface area contributed by atoms with Crippen LogP contribution >= 0.6 is 11.3 Å². The van der Waals surface area contributed by atoms with Crippen molar-refractivity contribution >= 4 is 22.8 Å². The van der Waals surface area contributed by atoms with E-state index in [1.165, 1.54) is 23.5 Å². The first-order valence-corrected chi connectivity index (χ1v) is 7.78. The first kappa shape index (κ1) is 15.6. The van der Waals surface area contributed by atoms with Crippen molar-refractivity contribution in [2.24, 2.45) is 0 Å². The molecular formula is C16H19FN2OS. The predicted molar refractivity (Wildman–Crippen MR) is 84.7 cm³/mol. The van der Waals surface area contributed by atoms with E-state index < -0.39 is 0 Å². The average molecular weight is 306 g/mol. The molecule has 1 aromatic carbocycles. The van der Waals surface area contributed by atoms with E-state index in [1.807, 2.05) is 18.0 Å². The first-order chi connectivity index (χ1) is 10.0. The molecule has 0 fully saturated rings. The number of halogens is 1. The first-order valence-electron chi connectivity index (χ1n) is 6.96. The van der Waals surface area contributed by atoms with Crippen molar-refractivity contribution in [3.8, 4) is 0 Å². The van der Waals surface area contributed by atoms with E-state index in [2.05, 4.69) is 18.8 Å². The van der Waals surface area contributed by atoms with E-state index in [9.17, 15) is 9.18 Å². The number of hydrogen-bond donors (Lipinski definition) is 0. The fourth-order valence-corrected chi connectivity index (χ4v) is 3.06. The van der Waals surface area contributed by atoms with Crippen molar-refractivity contribution in [3.63, 3.8) is 0 Å². The molecule has 0 spiro atoms. The summed E-state index contributed by atoms with van der Waals surface area (Å²) in [6, 6.07) is 6.52. The lowest BCUT2D eigenvalue weighted by Gasteiger charge is -2.15. The van der Waals surface area contributed by atoms with E-state index in [0.29, 0.717) is 11.4 Å². The zero-order chi connectivity index (χ0) is 15.4. The van der Waals surface area contributed by atoms with E-state index in [0.717, 1.165) is 29.1 Å². The zero-order valence-corrected chi connectivity index (χ0v) is 13.3. The fourth-order valence-electron chi connectivity index (χ4n) is 2.10. The Morgan fingerprint density at radius 2 is 2.24 bits per heavy atom. The number of aldehydes is 1. The van der Waals surface area contributed by atoms with Gasteiger partial charge >= 0.3 is 0 Å². The maximum Gasteiger partial charge on any atom is 0.186 e. The number of aromatic nitrogens is 1. The lowest BCUT2D eigenvalue weighted by Crippen LogP contribution is -2.16. The van der Waals surface area contributed by atoms with Crippen LogP contribution in [0.2, 0.25) is 0 Å². The highest BCUT2D eigenvalue weighted by atomic mass is 32.1. The second-order valence-electron chi connectivity index (χ2n) is 5.16. The minimum atomic E-state index is -0.242. The van der Waals surface area contributed by atoms with Crippen LogP contribution < -0.4 is 4.90 Å². The van der Waals surface area contributed by atoms with E-state index in [4.69, 9.17) is 0 Å². The fraction of sp³-hybridized carbons (Fsp3) is 0.375. The van der Waals surface area contributed by atoms with Gasteiger partial charge in [0.25, 0.3) is 0 Å². The molecule has 0 saturated heterocycles. The monoisotopic (exact) mass is 306 g/mol. The number of hydrogen-bond acceptors (Lipinski definition) is 4. The van der Waals surface area contributed by atoms with Gasteiger partial charge in [0.15, 0.2) is 11.4 Å². The molecule has 0 bridgehead atoms. The summed E-state index contributed by atoms with van der Waals surface area (Å²) in [5.41, 5.74) is 1.74. The summed E-state index contributed by atoms with van der Waals surface area (Å²) in [5.74, 6) is 0.0201. The van der Waals surface area contributed by atoms with Crippen LogP contribution in [0.1, 0.15) is 47.1 Å². The Kier molecular flexibility index (Phi) is 5.07. The largest absolute Gasteiger partial charge is 0.347 e. The molecular weight excluding hydrogens is 287 g/mol. The summed E-state index contributed by atoms with van der Waals surface area (Å²) in [5, 5.41) is 0.789. The van der Waals surface area contributed by atoms with Gasteiger partial charge in [-0.2, -0.15) is 0 Å². The lowest BCUT2D eigenvalue weighted by atomic mass is 10.0. The van der Waals surface area contributed by atoms with E-state index >= 15 is 0 Å². The van der Waals surface area contributed by atoms with Crippen LogP contribution in [0.5, 0.6) is 0 Å². The van der Waals surface area contributed by atoms with Gasteiger partial charge in [-0.25, -0.2) is 9.37 Å². The van der Waals surface area contributed by atoms with Gasteiger partial charge in [-0.1, -0.05) is 37.3 Å². The third kappa shape index (κ3) is 3.67. The van der Waals surface area contributed by atoms with Gasteiger partial charge in [0.1, 0.15) is 5.82 Å². The molecule has 2 aromatic rings. The van der Waals surface area contributed by atoms with Crippen molar-refractivity contribution in [3.05, 3.63) is 46.2 Å². The standard InChI is InChI=1S/C16H19FN2OS/c1-4-11(2)15-14(10-20)21-16(18-15)19(3)9-12-6-5-7-13(17)8-12/h5-8,10-11H,4,9H2,1-3H3. The van der Waals surface area contributed by atoms with Crippen molar-refractivity contribution < 1.29 is 9.18 Å². The molecule has 1 atom stereocenters. The number of thiazole rings is 1. The third-order valence-electron chi connectivity index (χ3n) is 3.49. The number of rotatable bonds is 6. The summed E-state index contributed by atoms with van der Waals surface area (Å²) in [6.07, 6.45) is 1.82. The second-order valence-corrected chi connectivity index (χ2v) is 6.17. The second kappa shape index (κ2) is 6.80. The van der Waals surface area contributed by atoms with Gasteiger partial charge in [0.2, 0.25) is 0 Å². The Morgan fingerprint density at radius 1 is 1.48 bits per heavy atom. The minimum Gasteiger partial charge on any atom is -0.347 e. The number of carbonyl (C=O) groups is 1. The average Bonchev–Trinajstić information content (AvgIpc) is 2.90. The summed E-state index contributed by atoms with van der Waals surface area (Å²) >= 11 is 1.39. The van der Waals surface area contributed by atoms with Crippen LogP contribution in [-0.2, 0) is 6.54 Å². The summed E-state index contributed by atoms with van der Waals surface area (Å²) < 4.78 is 13.2. The number of anilines is 1. The van der Waals surface area contributed by atoms with Crippen molar-refractivity contribution in [2.45, 2.75) is 32.7 Å². The van der Waals surface area contributed by atoms with Gasteiger partial charge in [0.05, 0.1) is 10.6 Å². The van der Waals surface area contributed by atoms with E-state index in [1.54, 1.807) is 6.07 Å². The van der Waals surface area contributed by atoms with Crippen molar-refractivity contribution in [2.75, 3.05) is 11.9 Å². The Morgan fingerprint density at radius 3 is 2.86 bits per heavy atom. The summed E-state index contributed by atoms with van der Waals surface area (Å²) in [6.45, 7) is 4.71. The zero-order valence-electron chi connectivity index (χ0n) is 12.5. The lowest BCUT2D eigenvalue weighted by molar-refractivity contribution is 0.112. The number of benzene rings is 1. The molecule has 0 radical (unpaired) electrons. The van der Waals surface area contributed by atoms with E-state index in [-0.39, 0.29) is 11.7 Å². The summed E-state index contributed by atoms with van der Waals surface area (Å²) in [7, 11) is 1.90. The normalized spacial score (nSPS) is 12.2. The predicted octanol–water partition coefficient (Wildman–Crippen LogP) is 4.24. The molecule has 0 aliphatic carbocycles. The van der Waals surface area contributed by atoms with Gasteiger partial charge in [-0.3, -0.25) is 4.79 Å². The molecule has 0 saturated carbocycles. The van der Waals surface area contributed by atoms with Gasteiger partial charge < -0.3 is 4.90 Å². The molecule has 21 heavy (non-hydrogen) atoms. The minimum absolute atomic E-state index is 0.242. The number of carbonyl (C=O) groups excluding carboxylic acids is 1. The Labute approximate surface area is 128 Å². The van der Waals surface area contributed by atoms with Gasteiger partial charge in [0, 0.05) is 13.6 Å². The molecule has 3 nitrogen and oxygen atoms in total. The molecule has 2 rings (SSSR count). The molecule has 0 N–H and O–H groups in total. The van der Waals surface area contributed by atoms with Crippen LogP contribution in [0, 0.1) is 5.82 Å². The molecule has 0 aliphatic heterocycles. The SMILES string of the molecule is CCC(C)c1nc(N(C)Cc2cccc(F)c2)sc1C=O. The Hall–Kier alpha value is -1.75. The topological polar surface area (TPSA) is 33.2 Å². The molecule has 1 aromatic heterocycles. The Bertz CT molecular complexity index is 626. The van der Waals surface area contributed by atoms with Crippen molar-refractivity contribution in [1.82, 2.24) is 4.98 Å². The molecule has 1 unspecified atom stereocenters. The Balaban J connectivity index is 2.21. The smallest absolute Gasteiger partial charge is 0.186 e. The maximum absolute atomic E-state index is 13.2. The van der Waals surface area contributed by atoms with Crippen LogP contribution in [-0.4, -0.2) is 18.3 Å². The summed E-state index contributed by atoms with van der Waals surface area (Å²) in [4.78, 5) is 18.4. The highest BCUT2D eigenvalue weighted by Gasteiger charge is 2.17. The molecule has 5 heteroatoms. The van der Waals surface area contributed by atoms with Crippen LogP contribution in [0.4, 0.5) is 9.52 Å². The van der Waals surface area contributed by atoms with Gasteiger partial charge in [-0.05, 0) is 30.0 Å². The maximum atomic E-state index is 13.2. The highest BCUT2D eigenvalue weighted by molar-refractivity contribution is 7.17. The van der Waals surface area contributed by atoms with Crippen LogP contribution in [0.3, 0.4) is 0 Å². The van der Waals surface area contributed by atoms with Gasteiger partial charge in [-0.15, -0.1) is 0 Å². The molecule has 0 amide bonds. The van der Waals surface area contributed by atoms with Crippen LogP contribution in [0.15, 0.2) is 24.3 Å². The molecule has 1 heterocycles. The molecule has 0 aliphatic rings. The van der Waals surface area contributed by atoms with Crippen molar-refractivity contribution in [1.29, 1.82) is 0 Å².